The minimum atomic E-state index is 0.0418. The summed E-state index contributed by atoms with van der Waals surface area (Å²) in [6.07, 6.45) is 6.54. The zero-order valence-corrected chi connectivity index (χ0v) is 32.5. The van der Waals surface area contributed by atoms with Crippen LogP contribution in [0.5, 0.6) is 11.5 Å². The van der Waals surface area contributed by atoms with Gasteiger partial charge in [-0.3, -0.25) is 0 Å². The molecule has 0 atom stereocenters. The number of nitrogens with zero attached hydrogens (tertiary/aromatic N) is 2. The summed E-state index contributed by atoms with van der Waals surface area (Å²) in [4.78, 5) is 6.82. The van der Waals surface area contributed by atoms with Crippen molar-refractivity contribution in [2.75, 3.05) is 54.5 Å². The van der Waals surface area contributed by atoms with Crippen LogP contribution < -0.4 is 9.47 Å². The van der Waals surface area contributed by atoms with Crippen LogP contribution in [0.2, 0.25) is 0 Å². The van der Waals surface area contributed by atoms with E-state index in [0.717, 1.165) is 76.3 Å². The minimum Gasteiger partial charge on any atom is -0.492 e. The van der Waals surface area contributed by atoms with Gasteiger partial charge in [0.2, 0.25) is 0 Å². The van der Waals surface area contributed by atoms with Crippen LogP contribution in [0.25, 0.3) is 0 Å². The minimum absolute atomic E-state index is 0.0418. The third kappa shape index (κ3) is 14.7. The second kappa shape index (κ2) is 16.9. The molecule has 0 heterocycles. The van der Waals surface area contributed by atoms with Crippen LogP contribution in [0.3, 0.4) is 0 Å². The lowest BCUT2D eigenvalue weighted by Crippen LogP contribution is -2.25. The fraction of sp³-hybridized carbons (Fsp3) is 0.700. The largest absolute Gasteiger partial charge is 0.492 e. The van der Waals surface area contributed by atoms with E-state index in [1.807, 2.05) is 11.8 Å². The van der Waals surface area contributed by atoms with E-state index in [9.17, 15) is 0 Å². The van der Waals surface area contributed by atoms with Crippen LogP contribution in [0.4, 0.5) is 0 Å². The summed E-state index contributed by atoms with van der Waals surface area (Å²) in [5.41, 5.74) is 3.27. The molecule has 0 N–H and O–H groups in total. The molecule has 0 aliphatic carbocycles. The Morgan fingerprint density at radius 1 is 0.533 bits per heavy atom. The Morgan fingerprint density at radius 2 is 0.889 bits per heavy atom. The number of hydrogen-bond donors (Lipinski definition) is 0. The highest BCUT2D eigenvalue weighted by Crippen LogP contribution is 2.46. The van der Waals surface area contributed by atoms with E-state index in [1.165, 1.54) is 20.9 Å². The van der Waals surface area contributed by atoms with Gasteiger partial charge in [-0.05, 0) is 137 Å². The predicted molar refractivity (Wildman–Crippen MR) is 198 cm³/mol. The molecular weight excluding hydrogens is 573 g/mol. The monoisotopic (exact) mass is 641 g/mol. The summed E-state index contributed by atoms with van der Waals surface area (Å²) >= 11 is 1.81. The molecule has 0 fully saturated rings. The molecule has 4 nitrogen and oxygen atoms in total. The summed E-state index contributed by atoms with van der Waals surface area (Å²) in [7, 11) is 8.53. The highest BCUT2D eigenvalue weighted by Gasteiger charge is 2.30. The van der Waals surface area contributed by atoms with Crippen LogP contribution in [-0.4, -0.2) is 64.3 Å². The lowest BCUT2D eigenvalue weighted by molar-refractivity contribution is 0.280. The van der Waals surface area contributed by atoms with E-state index in [-0.39, 0.29) is 21.7 Å². The van der Waals surface area contributed by atoms with Gasteiger partial charge >= 0.3 is 0 Å². The molecule has 2 aromatic carbocycles. The first-order valence-corrected chi connectivity index (χ1v) is 18.0. The van der Waals surface area contributed by atoms with Crippen molar-refractivity contribution in [3.8, 4) is 11.5 Å². The van der Waals surface area contributed by atoms with Gasteiger partial charge in [-0.15, -0.1) is 0 Å². The van der Waals surface area contributed by atoms with E-state index in [2.05, 4.69) is 144 Å². The maximum absolute atomic E-state index is 6.51. The Bertz CT molecular complexity index is 1080. The first kappa shape index (κ1) is 39.5. The van der Waals surface area contributed by atoms with Crippen molar-refractivity contribution >= 4 is 11.8 Å². The average molecular weight is 641 g/mol. The van der Waals surface area contributed by atoms with Crippen LogP contribution in [0.15, 0.2) is 46.2 Å². The van der Waals surface area contributed by atoms with E-state index in [0.29, 0.717) is 0 Å². The van der Waals surface area contributed by atoms with Gasteiger partial charge in [0.1, 0.15) is 11.5 Å². The Balaban J connectivity index is 2.52. The van der Waals surface area contributed by atoms with Gasteiger partial charge < -0.3 is 19.3 Å². The summed E-state index contributed by atoms with van der Waals surface area (Å²) in [5.74, 6) is 1.94. The standard InChI is InChI=1S/C40H68N2O2S/c1-37(2,3)29-39(7,8)31-19-21-33(43-25-17-15-23-41(11)12)35(27-31)45-36-28-32(40(9,10)30-38(4,5)6)20-22-34(36)44-26-18-16-24-42(13)14/h19-22,27-28H,15-18,23-26,29-30H2,1-14H3. The molecule has 0 aliphatic heterocycles. The number of ether oxygens (including phenoxy) is 2. The molecule has 0 saturated heterocycles. The molecular formula is C40H68N2O2S. The van der Waals surface area contributed by atoms with E-state index < -0.39 is 0 Å². The smallest absolute Gasteiger partial charge is 0.133 e. The van der Waals surface area contributed by atoms with Gasteiger partial charge in [-0.2, -0.15) is 0 Å². The van der Waals surface area contributed by atoms with Crippen molar-refractivity contribution in [2.45, 2.75) is 128 Å². The zero-order chi connectivity index (χ0) is 34.1. The summed E-state index contributed by atoms with van der Waals surface area (Å²) in [6.45, 7) is 27.1. The maximum Gasteiger partial charge on any atom is 0.133 e. The number of hydrogen-bond acceptors (Lipinski definition) is 5. The van der Waals surface area contributed by atoms with Crippen molar-refractivity contribution in [1.82, 2.24) is 9.80 Å². The van der Waals surface area contributed by atoms with Crippen molar-refractivity contribution < 1.29 is 9.47 Å². The zero-order valence-electron chi connectivity index (χ0n) is 31.7. The van der Waals surface area contributed by atoms with Crippen molar-refractivity contribution in [2.24, 2.45) is 10.8 Å². The van der Waals surface area contributed by atoms with E-state index >= 15 is 0 Å². The molecule has 256 valence electrons. The normalized spacial score (nSPS) is 13.2. The quantitative estimate of drug-likeness (QED) is 0.151. The molecule has 0 spiro atoms. The Labute approximate surface area is 283 Å². The SMILES string of the molecule is CN(C)CCCCOc1ccc(C(C)(C)CC(C)(C)C)cc1Sc1cc(C(C)(C)CC(C)(C)C)ccc1OCCCCN(C)C. The van der Waals surface area contributed by atoms with Gasteiger partial charge in [0.25, 0.3) is 0 Å². The van der Waals surface area contributed by atoms with Gasteiger partial charge in [0, 0.05) is 0 Å². The van der Waals surface area contributed by atoms with Crippen LogP contribution in [0.1, 0.15) is 119 Å². The molecule has 0 bridgehead atoms. The number of benzene rings is 2. The fourth-order valence-electron chi connectivity index (χ4n) is 6.65. The average Bonchev–Trinajstić information content (AvgIpc) is 2.86. The van der Waals surface area contributed by atoms with E-state index in [1.54, 1.807) is 0 Å². The molecule has 0 amide bonds. The summed E-state index contributed by atoms with van der Waals surface area (Å²) in [5, 5.41) is 0. The fourth-order valence-corrected chi connectivity index (χ4v) is 7.72. The lowest BCUT2D eigenvalue weighted by atomic mass is 9.72. The maximum atomic E-state index is 6.51. The highest BCUT2D eigenvalue weighted by atomic mass is 32.2. The molecule has 2 rings (SSSR count). The third-order valence-electron chi connectivity index (χ3n) is 8.13. The van der Waals surface area contributed by atoms with Gasteiger partial charge in [-0.1, -0.05) is 93.1 Å². The molecule has 0 radical (unpaired) electrons. The Hall–Kier alpha value is -1.69. The van der Waals surface area contributed by atoms with Crippen molar-refractivity contribution in [3.63, 3.8) is 0 Å². The van der Waals surface area contributed by atoms with Crippen molar-refractivity contribution in [1.29, 1.82) is 0 Å². The number of rotatable bonds is 18. The second-order valence-corrected chi connectivity index (χ2v) is 18.5. The topological polar surface area (TPSA) is 24.9 Å². The first-order valence-electron chi connectivity index (χ1n) is 17.2. The Kier molecular flexibility index (Phi) is 14.9. The molecule has 0 unspecified atom stereocenters. The Morgan fingerprint density at radius 3 is 1.20 bits per heavy atom. The first-order chi connectivity index (χ1) is 20.7. The van der Waals surface area contributed by atoms with Gasteiger partial charge in [0.15, 0.2) is 0 Å². The second-order valence-electron chi connectivity index (χ2n) is 17.4. The van der Waals surface area contributed by atoms with E-state index in [4.69, 9.17) is 9.47 Å². The molecule has 45 heavy (non-hydrogen) atoms. The van der Waals surface area contributed by atoms with Crippen LogP contribution in [-0.2, 0) is 10.8 Å². The summed E-state index contributed by atoms with van der Waals surface area (Å²) < 4.78 is 13.0. The van der Waals surface area contributed by atoms with Crippen molar-refractivity contribution in [3.05, 3.63) is 47.5 Å². The third-order valence-corrected chi connectivity index (χ3v) is 9.21. The summed E-state index contributed by atoms with van der Waals surface area (Å²) in [6, 6.07) is 13.8. The highest BCUT2D eigenvalue weighted by molar-refractivity contribution is 7.99. The molecule has 5 heteroatoms. The van der Waals surface area contributed by atoms with Gasteiger partial charge in [0.05, 0.1) is 23.0 Å². The molecule has 0 aromatic heterocycles. The van der Waals surface area contributed by atoms with Crippen LogP contribution in [0, 0.1) is 10.8 Å². The van der Waals surface area contributed by atoms with Gasteiger partial charge in [-0.25, -0.2) is 0 Å². The van der Waals surface area contributed by atoms with Crippen LogP contribution >= 0.6 is 11.8 Å². The molecule has 0 aliphatic rings. The lowest BCUT2D eigenvalue weighted by Gasteiger charge is -2.34. The molecule has 2 aromatic rings. The molecule has 0 saturated carbocycles. The predicted octanol–water partition coefficient (Wildman–Crippen LogP) is 10.7. The number of unbranched alkanes of at least 4 members (excludes halogenated alkanes) is 2.